The van der Waals surface area contributed by atoms with Crippen molar-refractivity contribution in [2.45, 2.75) is 19.0 Å². The number of ketones is 1. The van der Waals surface area contributed by atoms with Gasteiger partial charge in [0.15, 0.2) is 5.82 Å². The van der Waals surface area contributed by atoms with E-state index < -0.39 is 18.4 Å². The highest BCUT2D eigenvalue weighted by atomic mass is 19.4. The van der Waals surface area contributed by atoms with Gasteiger partial charge >= 0.3 is 6.18 Å². The van der Waals surface area contributed by atoms with E-state index in [9.17, 15) is 18.0 Å². The topological polar surface area (TPSA) is 65.2 Å². The summed E-state index contributed by atoms with van der Waals surface area (Å²) < 4.78 is 44.9. The quantitative estimate of drug-likeness (QED) is 0.763. The summed E-state index contributed by atoms with van der Waals surface area (Å²) in [4.78, 5) is 14.2. The largest absolute Gasteiger partial charge is 0.450 e. The number of carbonyl (C=O) groups is 1. The number of methoxy groups -OCH3 is 1. The van der Waals surface area contributed by atoms with Crippen LogP contribution in [0.3, 0.4) is 0 Å². The van der Waals surface area contributed by atoms with Crippen LogP contribution in [0.4, 0.5) is 13.2 Å². The summed E-state index contributed by atoms with van der Waals surface area (Å²) in [5, 5.41) is 3.40. The van der Waals surface area contributed by atoms with Crippen LogP contribution in [0.5, 0.6) is 0 Å². The van der Waals surface area contributed by atoms with Gasteiger partial charge in [-0.2, -0.15) is 18.2 Å². The Bertz CT molecular complexity index is 362. The maximum absolute atomic E-state index is 11.9. The van der Waals surface area contributed by atoms with Crippen LogP contribution in [0.2, 0.25) is 0 Å². The normalized spacial score (nSPS) is 11.8. The van der Waals surface area contributed by atoms with Crippen molar-refractivity contribution in [3.05, 3.63) is 11.7 Å². The van der Waals surface area contributed by atoms with Crippen LogP contribution in [-0.4, -0.2) is 35.8 Å². The molecular formula is C8H9F3N2O3. The fourth-order valence-corrected chi connectivity index (χ4v) is 0.894. The second-order valence-electron chi connectivity index (χ2n) is 2.94. The van der Waals surface area contributed by atoms with E-state index in [0.29, 0.717) is 13.0 Å². The first-order valence-electron chi connectivity index (χ1n) is 4.34. The van der Waals surface area contributed by atoms with Crippen molar-refractivity contribution < 1.29 is 27.2 Å². The number of halogens is 3. The molecule has 1 heterocycles. The molecule has 0 fully saturated rings. The maximum atomic E-state index is 11.9. The number of hydrogen-bond donors (Lipinski definition) is 0. The third-order valence-electron chi connectivity index (χ3n) is 1.67. The predicted octanol–water partition coefficient (Wildman–Crippen LogP) is 0.932. The zero-order valence-corrected chi connectivity index (χ0v) is 8.37. The van der Waals surface area contributed by atoms with Crippen molar-refractivity contribution in [2.24, 2.45) is 0 Å². The molecule has 0 N–H and O–H groups in total. The van der Waals surface area contributed by atoms with Crippen molar-refractivity contribution >= 4 is 5.78 Å². The molecule has 0 amide bonds. The van der Waals surface area contributed by atoms with Gasteiger partial charge in [-0.15, -0.1) is 0 Å². The molecule has 0 spiro atoms. The fourth-order valence-electron chi connectivity index (χ4n) is 0.894. The van der Waals surface area contributed by atoms with E-state index in [0.717, 1.165) is 0 Å². The van der Waals surface area contributed by atoms with Crippen molar-refractivity contribution in [1.82, 2.24) is 10.1 Å². The molecule has 0 unspecified atom stereocenters. The van der Waals surface area contributed by atoms with Crippen molar-refractivity contribution in [1.29, 1.82) is 0 Å². The van der Waals surface area contributed by atoms with Crippen molar-refractivity contribution in [3.63, 3.8) is 0 Å². The van der Waals surface area contributed by atoms with Gasteiger partial charge in [-0.1, -0.05) is 5.16 Å². The average molecular weight is 238 g/mol. The van der Waals surface area contributed by atoms with Gasteiger partial charge in [0.2, 0.25) is 11.7 Å². The minimum Gasteiger partial charge on any atom is -0.384 e. The molecule has 90 valence electrons. The van der Waals surface area contributed by atoms with Gasteiger partial charge in [-0.05, 0) is 0 Å². The molecule has 1 aromatic heterocycles. The molecule has 5 nitrogen and oxygen atoms in total. The maximum Gasteiger partial charge on any atom is 0.450 e. The zero-order valence-electron chi connectivity index (χ0n) is 8.37. The molecule has 0 aliphatic heterocycles. The molecule has 0 aliphatic carbocycles. The summed E-state index contributed by atoms with van der Waals surface area (Å²) in [5.74, 6) is -2.03. The van der Waals surface area contributed by atoms with Gasteiger partial charge in [0, 0.05) is 13.5 Å². The standard InChI is InChI=1S/C8H9F3N2O3/c1-15-3-2-6-12-7(16-13-6)4-5(14)8(9,10)11/h2-4H2,1H3. The molecule has 0 aliphatic rings. The Morgan fingerprint density at radius 1 is 1.50 bits per heavy atom. The molecule has 0 saturated heterocycles. The van der Waals surface area contributed by atoms with Crippen LogP contribution < -0.4 is 0 Å². The Hall–Kier alpha value is -1.44. The Labute approximate surface area is 88.6 Å². The van der Waals surface area contributed by atoms with Crippen LogP contribution in [0.1, 0.15) is 11.7 Å². The van der Waals surface area contributed by atoms with Crippen molar-refractivity contribution in [2.75, 3.05) is 13.7 Å². The van der Waals surface area contributed by atoms with Crippen LogP contribution in [0.25, 0.3) is 0 Å². The molecule has 1 rings (SSSR count). The Kier molecular flexibility index (Phi) is 3.99. The second kappa shape index (κ2) is 5.06. The van der Waals surface area contributed by atoms with Crippen molar-refractivity contribution in [3.8, 4) is 0 Å². The van der Waals surface area contributed by atoms with E-state index in [4.69, 9.17) is 4.74 Å². The number of Topliss-reactive ketones (excluding diaryl/α,β-unsaturated/α-hetero) is 1. The lowest BCUT2D eigenvalue weighted by atomic mass is 10.3. The highest BCUT2D eigenvalue weighted by Crippen LogP contribution is 2.18. The number of carbonyl (C=O) groups excluding carboxylic acids is 1. The molecule has 16 heavy (non-hydrogen) atoms. The third kappa shape index (κ3) is 3.61. The first-order chi connectivity index (χ1) is 7.43. The van der Waals surface area contributed by atoms with Gasteiger partial charge in [0.05, 0.1) is 13.0 Å². The smallest absolute Gasteiger partial charge is 0.384 e. The van der Waals surface area contributed by atoms with Crippen LogP contribution in [0, 0.1) is 0 Å². The molecule has 8 heteroatoms. The summed E-state index contributed by atoms with van der Waals surface area (Å²) in [6.07, 6.45) is -5.48. The number of hydrogen-bond acceptors (Lipinski definition) is 5. The number of aromatic nitrogens is 2. The molecule has 1 aromatic rings. The first-order valence-corrected chi connectivity index (χ1v) is 4.34. The number of nitrogens with zero attached hydrogens (tertiary/aromatic N) is 2. The van der Waals surface area contributed by atoms with E-state index >= 15 is 0 Å². The molecule has 0 atom stereocenters. The summed E-state index contributed by atoms with van der Waals surface area (Å²) in [6, 6.07) is 0. The third-order valence-corrected chi connectivity index (χ3v) is 1.67. The van der Waals surface area contributed by atoms with Gasteiger partial charge in [-0.3, -0.25) is 4.79 Å². The van der Waals surface area contributed by atoms with Gasteiger partial charge in [0.25, 0.3) is 0 Å². The van der Waals surface area contributed by atoms with Gasteiger partial charge < -0.3 is 9.26 Å². The Morgan fingerprint density at radius 3 is 2.75 bits per heavy atom. The summed E-state index contributed by atoms with van der Waals surface area (Å²) >= 11 is 0. The highest BCUT2D eigenvalue weighted by Gasteiger charge is 2.39. The zero-order chi connectivity index (χ0) is 12.2. The Balaban J connectivity index is 2.55. The number of rotatable bonds is 5. The molecular weight excluding hydrogens is 229 g/mol. The molecule has 0 bridgehead atoms. The van der Waals surface area contributed by atoms with E-state index in [2.05, 4.69) is 14.7 Å². The molecule has 0 radical (unpaired) electrons. The lowest BCUT2D eigenvalue weighted by Gasteiger charge is -2.00. The van der Waals surface area contributed by atoms with Crippen LogP contribution >= 0.6 is 0 Å². The fraction of sp³-hybridized carbons (Fsp3) is 0.625. The van der Waals surface area contributed by atoms with E-state index in [1.165, 1.54) is 7.11 Å². The Morgan fingerprint density at radius 2 is 2.19 bits per heavy atom. The minimum absolute atomic E-state index is 0.215. The SMILES string of the molecule is COCCc1noc(CC(=O)C(F)(F)F)n1. The van der Waals surface area contributed by atoms with E-state index in [1.54, 1.807) is 0 Å². The molecule has 0 aromatic carbocycles. The van der Waals surface area contributed by atoms with Crippen LogP contribution in [-0.2, 0) is 22.4 Å². The second-order valence-corrected chi connectivity index (χ2v) is 2.94. The lowest BCUT2D eigenvalue weighted by molar-refractivity contribution is -0.170. The summed E-state index contributed by atoms with van der Waals surface area (Å²) in [5.41, 5.74) is 0. The average Bonchev–Trinajstić information content (AvgIpc) is 2.61. The molecule has 0 saturated carbocycles. The monoisotopic (exact) mass is 238 g/mol. The first kappa shape index (κ1) is 12.6. The van der Waals surface area contributed by atoms with E-state index in [-0.39, 0.29) is 11.7 Å². The van der Waals surface area contributed by atoms with E-state index in [1.807, 2.05) is 0 Å². The van der Waals surface area contributed by atoms with Gasteiger partial charge in [-0.25, -0.2) is 0 Å². The summed E-state index contributed by atoms with van der Waals surface area (Å²) in [7, 11) is 1.47. The van der Waals surface area contributed by atoms with Gasteiger partial charge in [0.1, 0.15) is 0 Å². The summed E-state index contributed by atoms with van der Waals surface area (Å²) in [6.45, 7) is 0.326. The van der Waals surface area contributed by atoms with Crippen LogP contribution in [0.15, 0.2) is 4.52 Å². The predicted molar refractivity (Wildman–Crippen MR) is 44.6 cm³/mol. The minimum atomic E-state index is -4.87. The number of alkyl halides is 3. The highest BCUT2D eigenvalue weighted by molar-refractivity contribution is 5.85. The lowest BCUT2D eigenvalue weighted by Crippen LogP contribution is -2.24. The number of ether oxygens (including phenoxy) is 1.